The molecule has 1 aromatic rings. The molecule has 4 nitrogen and oxygen atoms in total. The Kier molecular flexibility index (Phi) is 4.16. The Morgan fingerprint density at radius 3 is 2.47 bits per heavy atom. The number of nitrogen functional groups attached to an aromatic ring is 1. The molecule has 0 bridgehead atoms. The van der Waals surface area contributed by atoms with Crippen molar-refractivity contribution < 1.29 is 8.42 Å². The smallest absolute Gasteiger partial charge is 0.241 e. The lowest BCUT2D eigenvalue weighted by molar-refractivity contribution is 0.555. The molecule has 0 saturated carbocycles. The molecule has 17 heavy (non-hydrogen) atoms. The molecule has 1 aromatic carbocycles. The molecule has 0 aliphatic rings. The van der Waals surface area contributed by atoms with Crippen molar-refractivity contribution in [1.82, 2.24) is 4.72 Å². The van der Waals surface area contributed by atoms with Gasteiger partial charge in [0.05, 0.1) is 4.90 Å². The summed E-state index contributed by atoms with van der Waals surface area (Å²) in [6, 6.07) is 3.34. The van der Waals surface area contributed by atoms with Crippen LogP contribution in [0.25, 0.3) is 0 Å². The summed E-state index contributed by atoms with van der Waals surface area (Å²) in [5, 5.41) is 0. The van der Waals surface area contributed by atoms with Gasteiger partial charge in [0.15, 0.2) is 0 Å². The zero-order valence-corrected chi connectivity index (χ0v) is 11.6. The van der Waals surface area contributed by atoms with E-state index in [4.69, 9.17) is 5.73 Å². The Hall–Kier alpha value is -1.07. The average molecular weight is 256 g/mol. The van der Waals surface area contributed by atoms with Crippen LogP contribution in [-0.2, 0) is 10.0 Å². The van der Waals surface area contributed by atoms with E-state index in [1.54, 1.807) is 19.1 Å². The zero-order chi connectivity index (χ0) is 13.2. The fourth-order valence-electron chi connectivity index (χ4n) is 1.54. The number of aryl methyl sites for hydroxylation is 1. The first kappa shape index (κ1) is 14.0. The van der Waals surface area contributed by atoms with E-state index in [9.17, 15) is 8.42 Å². The van der Waals surface area contributed by atoms with Crippen LogP contribution in [-0.4, -0.2) is 14.5 Å². The second-order valence-electron chi connectivity index (χ2n) is 4.41. The van der Waals surface area contributed by atoms with Gasteiger partial charge in [-0.25, -0.2) is 13.1 Å². The topological polar surface area (TPSA) is 72.2 Å². The number of anilines is 1. The highest BCUT2D eigenvalue weighted by molar-refractivity contribution is 7.89. The van der Waals surface area contributed by atoms with Crippen LogP contribution in [0.15, 0.2) is 17.0 Å². The van der Waals surface area contributed by atoms with Crippen LogP contribution in [0.5, 0.6) is 0 Å². The average Bonchev–Trinajstić information content (AvgIpc) is 2.22. The van der Waals surface area contributed by atoms with Gasteiger partial charge in [0.1, 0.15) is 0 Å². The molecule has 0 radical (unpaired) electrons. The van der Waals surface area contributed by atoms with Crippen LogP contribution in [0.3, 0.4) is 0 Å². The second kappa shape index (κ2) is 5.06. The third-order valence-electron chi connectivity index (χ3n) is 2.80. The summed E-state index contributed by atoms with van der Waals surface area (Å²) in [5.41, 5.74) is 7.75. The third-order valence-corrected chi connectivity index (χ3v) is 4.52. The number of benzene rings is 1. The molecule has 0 heterocycles. The van der Waals surface area contributed by atoms with Gasteiger partial charge < -0.3 is 5.73 Å². The molecule has 0 aliphatic carbocycles. The number of nitrogens with one attached hydrogen (secondary N) is 1. The fraction of sp³-hybridized carbons (Fsp3) is 0.500. The van der Waals surface area contributed by atoms with Crippen molar-refractivity contribution in [1.29, 1.82) is 0 Å². The minimum atomic E-state index is -3.48. The zero-order valence-electron chi connectivity index (χ0n) is 10.7. The van der Waals surface area contributed by atoms with Crippen molar-refractivity contribution in [3.8, 4) is 0 Å². The van der Waals surface area contributed by atoms with Gasteiger partial charge in [-0.15, -0.1) is 0 Å². The fourth-order valence-corrected chi connectivity index (χ4v) is 3.23. The van der Waals surface area contributed by atoms with Gasteiger partial charge in [0.25, 0.3) is 0 Å². The van der Waals surface area contributed by atoms with Gasteiger partial charge >= 0.3 is 0 Å². The maximum absolute atomic E-state index is 12.2. The summed E-state index contributed by atoms with van der Waals surface area (Å²) >= 11 is 0. The maximum atomic E-state index is 12.2. The number of rotatable bonds is 4. The largest absolute Gasteiger partial charge is 0.398 e. The van der Waals surface area contributed by atoms with Crippen LogP contribution in [0, 0.1) is 13.8 Å². The molecule has 0 amide bonds. The quantitative estimate of drug-likeness (QED) is 0.809. The van der Waals surface area contributed by atoms with Gasteiger partial charge in [-0.1, -0.05) is 6.92 Å². The lowest BCUT2D eigenvalue weighted by atomic mass is 10.1. The van der Waals surface area contributed by atoms with Gasteiger partial charge in [0, 0.05) is 11.7 Å². The van der Waals surface area contributed by atoms with E-state index in [0.717, 1.165) is 12.0 Å². The Bertz CT molecular complexity index is 509. The number of hydrogen-bond acceptors (Lipinski definition) is 3. The van der Waals surface area contributed by atoms with Gasteiger partial charge in [-0.2, -0.15) is 0 Å². The highest BCUT2D eigenvalue weighted by Gasteiger charge is 2.20. The summed E-state index contributed by atoms with van der Waals surface area (Å²) < 4.78 is 27.0. The monoisotopic (exact) mass is 256 g/mol. The van der Waals surface area contributed by atoms with Gasteiger partial charge in [0.2, 0.25) is 10.0 Å². The molecule has 3 N–H and O–H groups in total. The van der Waals surface area contributed by atoms with Crippen molar-refractivity contribution in [3.05, 3.63) is 23.3 Å². The van der Waals surface area contributed by atoms with Crippen LogP contribution in [0.1, 0.15) is 31.4 Å². The van der Waals surface area contributed by atoms with Crippen molar-refractivity contribution in [3.63, 3.8) is 0 Å². The lowest BCUT2D eigenvalue weighted by Crippen LogP contribution is -2.32. The number of hydrogen-bond donors (Lipinski definition) is 2. The molecule has 5 heteroatoms. The van der Waals surface area contributed by atoms with Gasteiger partial charge in [-0.3, -0.25) is 0 Å². The Morgan fingerprint density at radius 1 is 1.35 bits per heavy atom. The molecule has 1 unspecified atom stereocenters. The van der Waals surface area contributed by atoms with E-state index in [1.165, 1.54) is 0 Å². The molecule has 0 aromatic heterocycles. The van der Waals surface area contributed by atoms with E-state index in [0.29, 0.717) is 11.3 Å². The Morgan fingerprint density at radius 2 is 1.94 bits per heavy atom. The van der Waals surface area contributed by atoms with Crippen LogP contribution < -0.4 is 10.5 Å². The summed E-state index contributed by atoms with van der Waals surface area (Å²) in [6.45, 7) is 7.33. The number of nitrogens with two attached hydrogens (primary N) is 1. The van der Waals surface area contributed by atoms with Crippen molar-refractivity contribution in [2.24, 2.45) is 0 Å². The molecule has 96 valence electrons. The molecule has 1 atom stereocenters. The Balaban J connectivity index is 3.24. The normalized spacial score (nSPS) is 13.6. The van der Waals surface area contributed by atoms with Crippen LogP contribution in [0.4, 0.5) is 5.69 Å². The highest BCUT2D eigenvalue weighted by atomic mass is 32.2. The highest BCUT2D eigenvalue weighted by Crippen LogP contribution is 2.23. The van der Waals surface area contributed by atoms with Crippen molar-refractivity contribution >= 4 is 15.7 Å². The van der Waals surface area contributed by atoms with E-state index in [1.807, 2.05) is 20.8 Å². The molecule has 1 rings (SSSR count). The minimum Gasteiger partial charge on any atom is -0.398 e. The van der Waals surface area contributed by atoms with E-state index >= 15 is 0 Å². The first-order valence-corrected chi connectivity index (χ1v) is 7.15. The molecule has 0 saturated heterocycles. The first-order chi connectivity index (χ1) is 7.77. The number of sulfonamides is 1. The Labute approximate surface area is 103 Å². The summed E-state index contributed by atoms with van der Waals surface area (Å²) in [7, 11) is -3.48. The molecule has 0 spiro atoms. The predicted octanol–water partition coefficient (Wildman–Crippen LogP) is 1.96. The van der Waals surface area contributed by atoms with E-state index in [2.05, 4.69) is 4.72 Å². The first-order valence-electron chi connectivity index (χ1n) is 5.67. The molecular formula is C12H20N2O2S. The summed E-state index contributed by atoms with van der Waals surface area (Å²) in [4.78, 5) is 0.273. The van der Waals surface area contributed by atoms with Crippen LogP contribution >= 0.6 is 0 Å². The molecular weight excluding hydrogens is 236 g/mol. The van der Waals surface area contributed by atoms with Crippen molar-refractivity contribution in [2.45, 2.75) is 45.1 Å². The SMILES string of the molecule is CCC(C)NS(=O)(=O)c1cc(C)cc(N)c1C. The van der Waals surface area contributed by atoms with Gasteiger partial charge in [-0.05, 0) is 50.5 Å². The second-order valence-corrected chi connectivity index (χ2v) is 6.09. The van der Waals surface area contributed by atoms with Crippen molar-refractivity contribution in [2.75, 3.05) is 5.73 Å². The lowest BCUT2D eigenvalue weighted by Gasteiger charge is -2.15. The summed E-state index contributed by atoms with van der Waals surface area (Å²) in [5.74, 6) is 0. The minimum absolute atomic E-state index is 0.0823. The van der Waals surface area contributed by atoms with E-state index < -0.39 is 10.0 Å². The third kappa shape index (κ3) is 3.20. The molecule has 0 fully saturated rings. The standard InChI is InChI=1S/C12H20N2O2S/c1-5-9(3)14-17(15,16)12-7-8(2)6-11(13)10(12)4/h6-7,9,14H,5,13H2,1-4H3. The summed E-state index contributed by atoms with van der Waals surface area (Å²) in [6.07, 6.45) is 0.750. The van der Waals surface area contributed by atoms with Crippen LogP contribution in [0.2, 0.25) is 0 Å². The molecule has 0 aliphatic heterocycles. The predicted molar refractivity (Wildman–Crippen MR) is 70.4 cm³/mol. The van der Waals surface area contributed by atoms with E-state index in [-0.39, 0.29) is 10.9 Å². The maximum Gasteiger partial charge on any atom is 0.241 e.